The molecule has 2 N–H and O–H groups in total. The molecule has 0 unspecified atom stereocenters. The molecule has 0 saturated carbocycles. The van der Waals surface area contributed by atoms with E-state index < -0.39 is 12.1 Å². The highest BCUT2D eigenvalue weighted by molar-refractivity contribution is 7.09. The second-order valence-corrected chi connectivity index (χ2v) is 7.88. The van der Waals surface area contributed by atoms with Crippen LogP contribution in [0.3, 0.4) is 0 Å². The quantitative estimate of drug-likeness (QED) is 0.450. The third-order valence-electron chi connectivity index (χ3n) is 4.65. The summed E-state index contributed by atoms with van der Waals surface area (Å²) >= 11 is 1.72. The zero-order valence-electron chi connectivity index (χ0n) is 17.1. The number of halogens is 3. The monoisotopic (exact) mass is 478 g/mol. The van der Waals surface area contributed by atoms with Gasteiger partial charge in [-0.3, -0.25) is 0 Å². The summed E-state index contributed by atoms with van der Waals surface area (Å²) in [6.45, 7) is 1.17. The number of methoxy groups -OCH3 is 1. The molecule has 33 heavy (non-hydrogen) atoms. The van der Waals surface area contributed by atoms with Gasteiger partial charge in [-0.1, -0.05) is 18.2 Å². The lowest BCUT2D eigenvalue weighted by Gasteiger charge is -2.19. The Balaban J connectivity index is 0.000000325. The van der Waals surface area contributed by atoms with E-state index in [9.17, 15) is 13.2 Å². The number of H-pyrrole nitrogens is 1. The number of alkyl halides is 3. The number of aromatic amines is 1. The summed E-state index contributed by atoms with van der Waals surface area (Å²) in [6, 6.07) is 10.0. The van der Waals surface area contributed by atoms with Crippen molar-refractivity contribution in [2.45, 2.75) is 12.7 Å². The molecule has 0 spiro atoms. The first kappa shape index (κ1) is 22.4. The number of ether oxygens (including phenoxy) is 2. The Bertz CT molecular complexity index is 1310. The van der Waals surface area contributed by atoms with Gasteiger partial charge in [0, 0.05) is 16.0 Å². The number of carbonyl (C=O) groups is 1. The molecule has 8 nitrogen and oxygen atoms in total. The fourth-order valence-electron chi connectivity index (χ4n) is 3.14. The van der Waals surface area contributed by atoms with Gasteiger partial charge in [-0.2, -0.15) is 18.3 Å². The Morgan fingerprint density at radius 3 is 2.79 bits per heavy atom. The lowest BCUT2D eigenvalue weighted by atomic mass is 10.1. The predicted molar refractivity (Wildman–Crippen MR) is 115 cm³/mol. The molecule has 1 aliphatic heterocycles. The molecule has 172 valence electrons. The SMILES string of the molecule is COc1cccc2c1OCC(c1nc3c(cnn3Cc3cccs3)[nH]1)=C2.O=C(O)C(F)(F)F. The lowest BCUT2D eigenvalue weighted by molar-refractivity contribution is -0.192. The Morgan fingerprint density at radius 1 is 1.33 bits per heavy atom. The fourth-order valence-corrected chi connectivity index (χ4v) is 3.83. The molecule has 1 aliphatic rings. The van der Waals surface area contributed by atoms with Gasteiger partial charge in [0.2, 0.25) is 0 Å². The van der Waals surface area contributed by atoms with Crippen molar-refractivity contribution in [3.8, 4) is 11.5 Å². The Morgan fingerprint density at radius 2 is 2.12 bits per heavy atom. The summed E-state index contributed by atoms with van der Waals surface area (Å²) in [7, 11) is 1.65. The van der Waals surface area contributed by atoms with Crippen molar-refractivity contribution in [1.82, 2.24) is 19.7 Å². The van der Waals surface area contributed by atoms with Gasteiger partial charge in [0.15, 0.2) is 17.1 Å². The minimum atomic E-state index is -5.08. The number of aliphatic carboxylic acids is 1. The smallest absolute Gasteiger partial charge is 0.490 e. The van der Waals surface area contributed by atoms with E-state index in [4.69, 9.17) is 24.4 Å². The van der Waals surface area contributed by atoms with Crippen LogP contribution in [0.15, 0.2) is 41.9 Å². The van der Waals surface area contributed by atoms with Crippen LogP contribution in [0.25, 0.3) is 22.8 Å². The number of hydrogen-bond acceptors (Lipinski definition) is 6. The molecule has 0 amide bonds. The summed E-state index contributed by atoms with van der Waals surface area (Å²) in [6.07, 6.45) is -1.17. The van der Waals surface area contributed by atoms with E-state index in [0.717, 1.165) is 46.2 Å². The molecule has 0 bridgehead atoms. The first-order valence-electron chi connectivity index (χ1n) is 9.51. The molecular weight excluding hydrogens is 461 g/mol. The van der Waals surface area contributed by atoms with Crippen LogP contribution >= 0.6 is 11.3 Å². The van der Waals surface area contributed by atoms with Crippen molar-refractivity contribution in [1.29, 1.82) is 0 Å². The lowest BCUT2D eigenvalue weighted by Crippen LogP contribution is -2.21. The summed E-state index contributed by atoms with van der Waals surface area (Å²) < 4.78 is 44.9. The van der Waals surface area contributed by atoms with Crippen molar-refractivity contribution in [2.75, 3.05) is 13.7 Å². The van der Waals surface area contributed by atoms with Crippen molar-refractivity contribution < 1.29 is 32.5 Å². The highest BCUT2D eigenvalue weighted by Gasteiger charge is 2.38. The molecule has 0 fully saturated rings. The van der Waals surface area contributed by atoms with Crippen molar-refractivity contribution in [3.63, 3.8) is 0 Å². The largest absolute Gasteiger partial charge is 0.493 e. The van der Waals surface area contributed by atoms with E-state index in [0.29, 0.717) is 6.61 Å². The first-order valence-corrected chi connectivity index (χ1v) is 10.4. The number of para-hydroxylation sites is 1. The molecule has 0 aliphatic carbocycles. The maximum Gasteiger partial charge on any atom is 0.490 e. The van der Waals surface area contributed by atoms with Gasteiger partial charge in [-0.15, -0.1) is 11.3 Å². The zero-order chi connectivity index (χ0) is 23.6. The topological polar surface area (TPSA) is 102 Å². The average Bonchev–Trinajstić information content (AvgIpc) is 3.52. The molecule has 1 aromatic carbocycles. The molecule has 12 heteroatoms. The van der Waals surface area contributed by atoms with E-state index >= 15 is 0 Å². The average molecular weight is 478 g/mol. The number of nitrogens with zero attached hydrogens (tertiary/aromatic N) is 3. The van der Waals surface area contributed by atoms with E-state index in [1.54, 1.807) is 18.4 Å². The number of imidazole rings is 1. The fraction of sp³-hybridized carbons (Fsp3) is 0.190. The van der Waals surface area contributed by atoms with Crippen molar-refractivity contribution >= 4 is 40.1 Å². The van der Waals surface area contributed by atoms with E-state index in [1.165, 1.54) is 4.88 Å². The minimum Gasteiger partial charge on any atom is -0.493 e. The van der Waals surface area contributed by atoms with Crippen LogP contribution in [0.1, 0.15) is 16.3 Å². The molecule has 4 heterocycles. The van der Waals surface area contributed by atoms with E-state index in [1.807, 2.05) is 35.1 Å². The van der Waals surface area contributed by atoms with Gasteiger partial charge >= 0.3 is 12.1 Å². The summed E-state index contributed by atoms with van der Waals surface area (Å²) in [4.78, 5) is 18.3. The van der Waals surface area contributed by atoms with Crippen LogP contribution in [-0.4, -0.2) is 50.7 Å². The number of hydrogen-bond donors (Lipinski definition) is 2. The summed E-state index contributed by atoms with van der Waals surface area (Å²) in [5.41, 5.74) is 3.77. The molecule has 0 atom stereocenters. The van der Waals surface area contributed by atoms with Crippen LogP contribution < -0.4 is 9.47 Å². The number of benzene rings is 1. The van der Waals surface area contributed by atoms with Gasteiger partial charge in [0.1, 0.15) is 17.9 Å². The van der Waals surface area contributed by atoms with Crippen LogP contribution in [0, 0.1) is 0 Å². The van der Waals surface area contributed by atoms with Gasteiger partial charge in [-0.05, 0) is 23.6 Å². The molecule has 3 aromatic heterocycles. The molecular formula is C21H17F3N4O4S. The second-order valence-electron chi connectivity index (χ2n) is 6.84. The third-order valence-corrected chi connectivity index (χ3v) is 5.51. The maximum absolute atomic E-state index is 10.6. The van der Waals surface area contributed by atoms with Crippen molar-refractivity contribution in [3.05, 3.63) is 58.2 Å². The molecule has 0 radical (unpaired) electrons. The van der Waals surface area contributed by atoms with Crippen molar-refractivity contribution in [2.24, 2.45) is 0 Å². The van der Waals surface area contributed by atoms with Gasteiger partial charge < -0.3 is 19.6 Å². The normalized spacial score (nSPS) is 12.9. The number of thiophene rings is 1. The predicted octanol–water partition coefficient (Wildman–Crippen LogP) is 4.44. The van der Waals surface area contributed by atoms with Crippen LogP contribution in [-0.2, 0) is 11.3 Å². The Labute approximate surface area is 188 Å². The minimum absolute atomic E-state index is 0.446. The zero-order valence-corrected chi connectivity index (χ0v) is 17.9. The number of carboxylic acids is 1. The van der Waals surface area contributed by atoms with Crippen LogP contribution in [0.2, 0.25) is 0 Å². The molecule has 4 aromatic rings. The molecule has 0 saturated heterocycles. The van der Waals surface area contributed by atoms with Crippen LogP contribution in [0.4, 0.5) is 13.2 Å². The standard InChI is InChI=1S/C19H16N4O2S.C2HF3O2/c1-24-16-6-2-4-12-8-13(11-25-17(12)16)18-21-15-9-20-23(19(15)22-18)10-14-5-3-7-26-14;3-2(4,5)1(6)7/h2-9H,10-11H2,1H3,(H,21,22);(H,6,7). The number of rotatable bonds is 4. The first-order chi connectivity index (χ1) is 15.8. The number of carboxylic acid groups (broad SMARTS) is 1. The second kappa shape index (κ2) is 8.98. The molecule has 5 rings (SSSR count). The van der Waals surface area contributed by atoms with Crippen LogP contribution in [0.5, 0.6) is 11.5 Å². The number of fused-ring (bicyclic) bond motifs is 2. The highest BCUT2D eigenvalue weighted by atomic mass is 32.1. The van der Waals surface area contributed by atoms with Gasteiger partial charge in [-0.25, -0.2) is 14.5 Å². The third kappa shape index (κ3) is 4.85. The Hall–Kier alpha value is -3.80. The Kier molecular flexibility index (Phi) is 6.09. The summed E-state index contributed by atoms with van der Waals surface area (Å²) in [5.74, 6) is -0.425. The van der Waals surface area contributed by atoms with E-state index in [-0.39, 0.29) is 0 Å². The van der Waals surface area contributed by atoms with Gasteiger partial charge in [0.25, 0.3) is 0 Å². The number of nitrogens with one attached hydrogen (secondary N) is 1. The maximum atomic E-state index is 10.6. The number of aromatic nitrogens is 4. The highest BCUT2D eigenvalue weighted by Crippen LogP contribution is 2.37. The van der Waals surface area contributed by atoms with E-state index in [2.05, 4.69) is 27.6 Å². The summed E-state index contributed by atoms with van der Waals surface area (Å²) in [5, 5.41) is 13.6. The van der Waals surface area contributed by atoms with Gasteiger partial charge in [0.05, 0.1) is 19.9 Å².